The van der Waals surface area contributed by atoms with Crippen LogP contribution in [0.1, 0.15) is 39.0 Å². The van der Waals surface area contributed by atoms with Crippen LogP contribution in [0.2, 0.25) is 0 Å². The Bertz CT molecular complexity index is 223. The van der Waals surface area contributed by atoms with Crippen molar-refractivity contribution in [3.05, 3.63) is 0 Å². The average molecular weight is 244 g/mol. The van der Waals surface area contributed by atoms with Gasteiger partial charge in [0.05, 0.1) is 0 Å². The molecule has 4 heteroatoms. The van der Waals surface area contributed by atoms with E-state index in [1.165, 1.54) is 6.42 Å². The number of rotatable bonds is 6. The van der Waals surface area contributed by atoms with Crippen molar-refractivity contribution < 1.29 is 4.79 Å². The lowest BCUT2D eigenvalue weighted by atomic mass is 10.0. The molecular formula is C12H24N2OS. The zero-order chi connectivity index (χ0) is 12.0. The lowest BCUT2D eigenvalue weighted by molar-refractivity contribution is -0.125. The first kappa shape index (κ1) is 13.8. The van der Waals surface area contributed by atoms with Gasteiger partial charge in [0.25, 0.3) is 0 Å². The first-order chi connectivity index (χ1) is 7.67. The minimum atomic E-state index is 0.108. The van der Waals surface area contributed by atoms with Gasteiger partial charge in [-0.2, -0.15) is 11.8 Å². The van der Waals surface area contributed by atoms with Crippen molar-refractivity contribution >= 4 is 17.7 Å². The highest BCUT2D eigenvalue weighted by molar-refractivity contribution is 7.99. The van der Waals surface area contributed by atoms with E-state index in [4.69, 9.17) is 5.73 Å². The van der Waals surface area contributed by atoms with E-state index in [0.29, 0.717) is 12.6 Å². The topological polar surface area (TPSA) is 55.1 Å². The smallest absolute Gasteiger partial charge is 0.223 e. The fourth-order valence-corrected chi connectivity index (χ4v) is 2.98. The molecule has 3 N–H and O–H groups in total. The van der Waals surface area contributed by atoms with Gasteiger partial charge in [0, 0.05) is 17.2 Å². The van der Waals surface area contributed by atoms with Crippen LogP contribution in [0.5, 0.6) is 0 Å². The Balaban J connectivity index is 2.23. The molecule has 3 nitrogen and oxygen atoms in total. The zero-order valence-electron chi connectivity index (χ0n) is 10.4. The SMILES string of the molecule is CSC1CCC(NC(=O)C(C)CCCN)C1. The normalized spacial score (nSPS) is 26.7. The van der Waals surface area contributed by atoms with Gasteiger partial charge in [-0.1, -0.05) is 6.92 Å². The van der Waals surface area contributed by atoms with Crippen molar-refractivity contribution in [2.24, 2.45) is 11.7 Å². The third-order valence-corrected chi connectivity index (χ3v) is 4.45. The molecule has 0 aromatic rings. The Morgan fingerprint density at radius 1 is 1.56 bits per heavy atom. The highest BCUT2D eigenvalue weighted by Gasteiger charge is 2.26. The monoisotopic (exact) mass is 244 g/mol. The number of nitrogens with one attached hydrogen (secondary N) is 1. The van der Waals surface area contributed by atoms with E-state index < -0.39 is 0 Å². The van der Waals surface area contributed by atoms with Crippen LogP contribution in [0.15, 0.2) is 0 Å². The maximum absolute atomic E-state index is 11.8. The van der Waals surface area contributed by atoms with E-state index in [0.717, 1.165) is 30.9 Å². The molecule has 1 fully saturated rings. The van der Waals surface area contributed by atoms with Crippen LogP contribution in [0.4, 0.5) is 0 Å². The molecule has 3 unspecified atom stereocenters. The quantitative estimate of drug-likeness (QED) is 0.748. The van der Waals surface area contributed by atoms with Crippen LogP contribution in [0, 0.1) is 5.92 Å². The number of carbonyl (C=O) groups is 1. The molecule has 1 amide bonds. The third-order valence-electron chi connectivity index (χ3n) is 3.35. The lowest BCUT2D eigenvalue weighted by Crippen LogP contribution is -2.37. The van der Waals surface area contributed by atoms with Gasteiger partial charge >= 0.3 is 0 Å². The number of hydrogen-bond donors (Lipinski definition) is 2. The van der Waals surface area contributed by atoms with Crippen molar-refractivity contribution in [3.63, 3.8) is 0 Å². The Morgan fingerprint density at radius 2 is 2.31 bits per heavy atom. The van der Waals surface area contributed by atoms with Crippen molar-refractivity contribution in [1.82, 2.24) is 5.32 Å². The van der Waals surface area contributed by atoms with Gasteiger partial charge in [0.2, 0.25) is 5.91 Å². The molecule has 16 heavy (non-hydrogen) atoms. The molecule has 1 aliphatic rings. The van der Waals surface area contributed by atoms with Crippen LogP contribution in [-0.4, -0.2) is 30.0 Å². The minimum Gasteiger partial charge on any atom is -0.353 e. The van der Waals surface area contributed by atoms with Crippen molar-refractivity contribution in [2.75, 3.05) is 12.8 Å². The average Bonchev–Trinajstić information content (AvgIpc) is 2.73. The van der Waals surface area contributed by atoms with Crippen molar-refractivity contribution in [2.45, 2.75) is 50.3 Å². The maximum Gasteiger partial charge on any atom is 0.223 e. The van der Waals surface area contributed by atoms with E-state index in [-0.39, 0.29) is 11.8 Å². The minimum absolute atomic E-state index is 0.108. The first-order valence-electron chi connectivity index (χ1n) is 6.20. The summed E-state index contributed by atoms with van der Waals surface area (Å²) in [5.74, 6) is 0.317. The predicted molar refractivity (Wildman–Crippen MR) is 70.5 cm³/mol. The van der Waals surface area contributed by atoms with Gasteiger partial charge in [-0.15, -0.1) is 0 Å². The number of nitrogens with two attached hydrogens (primary N) is 1. The van der Waals surface area contributed by atoms with Gasteiger partial charge < -0.3 is 11.1 Å². The molecule has 0 radical (unpaired) electrons. The first-order valence-corrected chi connectivity index (χ1v) is 7.49. The second kappa shape index (κ2) is 7.17. The lowest BCUT2D eigenvalue weighted by Gasteiger charge is -2.16. The molecule has 1 aliphatic carbocycles. The maximum atomic E-state index is 11.8. The summed E-state index contributed by atoms with van der Waals surface area (Å²) in [4.78, 5) is 11.8. The predicted octanol–water partition coefficient (Wildman–Crippen LogP) is 1.76. The Morgan fingerprint density at radius 3 is 2.88 bits per heavy atom. The largest absolute Gasteiger partial charge is 0.353 e. The van der Waals surface area contributed by atoms with E-state index in [9.17, 15) is 4.79 Å². The Hall–Kier alpha value is -0.220. The van der Waals surface area contributed by atoms with Gasteiger partial charge in [0.1, 0.15) is 0 Å². The van der Waals surface area contributed by atoms with Crippen molar-refractivity contribution in [1.29, 1.82) is 0 Å². The van der Waals surface area contributed by atoms with Crippen LogP contribution in [-0.2, 0) is 4.79 Å². The van der Waals surface area contributed by atoms with Crippen LogP contribution in [0.3, 0.4) is 0 Å². The summed E-state index contributed by atoms with van der Waals surface area (Å²) in [6.45, 7) is 2.67. The van der Waals surface area contributed by atoms with Crippen LogP contribution < -0.4 is 11.1 Å². The summed E-state index contributed by atoms with van der Waals surface area (Å²) in [7, 11) is 0. The van der Waals surface area contributed by atoms with Gasteiger partial charge in [0.15, 0.2) is 0 Å². The van der Waals surface area contributed by atoms with E-state index in [2.05, 4.69) is 11.6 Å². The molecule has 3 atom stereocenters. The Labute approximate surface area is 103 Å². The third kappa shape index (κ3) is 4.34. The molecule has 0 aromatic carbocycles. The van der Waals surface area contributed by atoms with Gasteiger partial charge in [-0.25, -0.2) is 0 Å². The van der Waals surface area contributed by atoms with E-state index in [1.54, 1.807) is 0 Å². The Kier molecular flexibility index (Phi) is 6.21. The summed E-state index contributed by atoms with van der Waals surface area (Å²) in [5, 5.41) is 3.90. The summed E-state index contributed by atoms with van der Waals surface area (Å²) < 4.78 is 0. The van der Waals surface area contributed by atoms with Gasteiger partial charge in [-0.3, -0.25) is 4.79 Å². The van der Waals surface area contributed by atoms with E-state index >= 15 is 0 Å². The molecule has 0 aliphatic heterocycles. The highest BCUT2D eigenvalue weighted by atomic mass is 32.2. The molecule has 0 spiro atoms. The summed E-state index contributed by atoms with van der Waals surface area (Å²) in [6.07, 6.45) is 7.51. The second-order valence-electron chi connectivity index (χ2n) is 4.71. The molecule has 0 saturated heterocycles. The molecule has 1 rings (SSSR count). The number of hydrogen-bond acceptors (Lipinski definition) is 3. The second-order valence-corrected chi connectivity index (χ2v) is 5.85. The van der Waals surface area contributed by atoms with Crippen LogP contribution in [0.25, 0.3) is 0 Å². The van der Waals surface area contributed by atoms with E-state index in [1.807, 2.05) is 18.7 Å². The summed E-state index contributed by atoms with van der Waals surface area (Å²) >= 11 is 1.92. The summed E-state index contributed by atoms with van der Waals surface area (Å²) in [5.41, 5.74) is 5.44. The number of amides is 1. The van der Waals surface area contributed by atoms with Crippen molar-refractivity contribution in [3.8, 4) is 0 Å². The van der Waals surface area contributed by atoms with Crippen LogP contribution >= 0.6 is 11.8 Å². The zero-order valence-corrected chi connectivity index (χ0v) is 11.2. The molecule has 1 saturated carbocycles. The number of carbonyl (C=O) groups excluding carboxylic acids is 1. The fraction of sp³-hybridized carbons (Fsp3) is 0.917. The molecule has 0 heterocycles. The fourth-order valence-electron chi connectivity index (χ4n) is 2.18. The molecule has 0 bridgehead atoms. The summed E-state index contributed by atoms with van der Waals surface area (Å²) in [6, 6.07) is 0.408. The molecule has 94 valence electrons. The van der Waals surface area contributed by atoms with Gasteiger partial charge in [-0.05, 0) is 44.9 Å². The number of thioether (sulfide) groups is 1. The molecular weight excluding hydrogens is 220 g/mol. The standard InChI is InChI=1S/C12H24N2OS/c1-9(4-3-7-13)12(15)14-10-5-6-11(8-10)16-2/h9-11H,3-8,13H2,1-2H3,(H,14,15). The molecule has 0 aromatic heterocycles. The highest BCUT2D eigenvalue weighted by Crippen LogP contribution is 2.28.